The van der Waals surface area contributed by atoms with Crippen LogP contribution in [0.3, 0.4) is 0 Å². The molecule has 25 heavy (non-hydrogen) atoms. The SMILES string of the molecule is COc1cccc2c1CC[C@H]2NC(=O)N1CCC([C@H]2CCCO2)CC1. The predicted octanol–water partition coefficient (Wildman–Crippen LogP) is 3.28. The molecule has 3 aliphatic rings. The predicted molar refractivity (Wildman–Crippen MR) is 95.9 cm³/mol. The van der Waals surface area contributed by atoms with E-state index in [1.165, 1.54) is 24.0 Å². The number of nitrogens with one attached hydrogen (secondary N) is 1. The first-order valence-electron chi connectivity index (χ1n) is 9.59. The molecule has 1 aliphatic carbocycles. The van der Waals surface area contributed by atoms with E-state index in [9.17, 15) is 4.79 Å². The molecule has 5 nitrogen and oxygen atoms in total. The first-order valence-corrected chi connectivity index (χ1v) is 9.59. The van der Waals surface area contributed by atoms with Crippen LogP contribution in [0.15, 0.2) is 18.2 Å². The van der Waals surface area contributed by atoms with Gasteiger partial charge in [0.1, 0.15) is 5.75 Å². The van der Waals surface area contributed by atoms with Crippen molar-refractivity contribution in [3.05, 3.63) is 29.3 Å². The van der Waals surface area contributed by atoms with E-state index >= 15 is 0 Å². The van der Waals surface area contributed by atoms with Crippen molar-refractivity contribution in [2.45, 2.75) is 50.7 Å². The Labute approximate surface area is 149 Å². The lowest BCUT2D eigenvalue weighted by atomic mass is 9.90. The number of amides is 2. The highest BCUT2D eigenvalue weighted by Gasteiger charge is 2.32. The number of ether oxygens (including phenoxy) is 2. The number of carbonyl (C=O) groups excluding carboxylic acids is 1. The number of fused-ring (bicyclic) bond motifs is 1. The summed E-state index contributed by atoms with van der Waals surface area (Å²) in [4.78, 5) is 14.7. The molecule has 136 valence electrons. The molecule has 1 N–H and O–H groups in total. The molecular formula is C20H28N2O3. The quantitative estimate of drug-likeness (QED) is 0.915. The van der Waals surface area contributed by atoms with Gasteiger partial charge in [-0.2, -0.15) is 0 Å². The molecule has 2 heterocycles. The smallest absolute Gasteiger partial charge is 0.317 e. The number of hydrogen-bond acceptors (Lipinski definition) is 3. The fraction of sp³-hybridized carbons (Fsp3) is 0.650. The van der Waals surface area contributed by atoms with Crippen molar-refractivity contribution >= 4 is 6.03 Å². The molecule has 0 aromatic heterocycles. The summed E-state index contributed by atoms with van der Waals surface area (Å²) in [6.45, 7) is 2.60. The summed E-state index contributed by atoms with van der Waals surface area (Å²) in [6, 6.07) is 6.30. The van der Waals surface area contributed by atoms with Crippen molar-refractivity contribution in [1.29, 1.82) is 0 Å². The lowest BCUT2D eigenvalue weighted by molar-refractivity contribution is 0.0370. The Hall–Kier alpha value is -1.75. The van der Waals surface area contributed by atoms with Gasteiger partial charge in [0.15, 0.2) is 0 Å². The van der Waals surface area contributed by atoms with E-state index in [1.807, 2.05) is 17.0 Å². The number of nitrogens with zero attached hydrogens (tertiary/aromatic N) is 1. The van der Waals surface area contributed by atoms with Crippen LogP contribution in [0.2, 0.25) is 0 Å². The van der Waals surface area contributed by atoms with Crippen LogP contribution in [-0.2, 0) is 11.2 Å². The third-order valence-corrected chi connectivity index (χ3v) is 6.06. The largest absolute Gasteiger partial charge is 0.496 e. The normalized spacial score (nSPS) is 26.5. The summed E-state index contributed by atoms with van der Waals surface area (Å²) in [5.41, 5.74) is 2.45. The molecular weight excluding hydrogens is 316 g/mol. The summed E-state index contributed by atoms with van der Waals surface area (Å²) < 4.78 is 11.3. The van der Waals surface area contributed by atoms with Crippen LogP contribution >= 0.6 is 0 Å². The van der Waals surface area contributed by atoms with Gasteiger partial charge >= 0.3 is 6.03 Å². The molecule has 4 rings (SSSR count). The highest BCUT2D eigenvalue weighted by atomic mass is 16.5. The highest BCUT2D eigenvalue weighted by molar-refractivity contribution is 5.75. The van der Waals surface area contributed by atoms with Gasteiger partial charge in [-0.15, -0.1) is 0 Å². The Morgan fingerprint density at radius 3 is 2.80 bits per heavy atom. The van der Waals surface area contributed by atoms with E-state index in [2.05, 4.69) is 11.4 Å². The third kappa shape index (κ3) is 3.34. The topological polar surface area (TPSA) is 50.8 Å². The van der Waals surface area contributed by atoms with Crippen LogP contribution in [0, 0.1) is 5.92 Å². The molecule has 2 atom stereocenters. The van der Waals surface area contributed by atoms with Gasteiger partial charge in [-0.05, 0) is 61.6 Å². The Kier molecular flexibility index (Phi) is 4.84. The van der Waals surface area contributed by atoms with Gasteiger partial charge in [0.2, 0.25) is 0 Å². The second-order valence-corrected chi connectivity index (χ2v) is 7.44. The molecule has 0 saturated carbocycles. The number of methoxy groups -OCH3 is 1. The van der Waals surface area contributed by atoms with Gasteiger partial charge in [0.25, 0.3) is 0 Å². The van der Waals surface area contributed by atoms with Gasteiger partial charge in [-0.25, -0.2) is 4.79 Å². The van der Waals surface area contributed by atoms with Crippen LogP contribution < -0.4 is 10.1 Å². The van der Waals surface area contributed by atoms with E-state index in [0.29, 0.717) is 12.0 Å². The first kappa shape index (κ1) is 16.7. The number of likely N-dealkylation sites (tertiary alicyclic amines) is 1. The van der Waals surface area contributed by atoms with Crippen LogP contribution in [-0.4, -0.2) is 43.8 Å². The minimum Gasteiger partial charge on any atom is -0.496 e. The monoisotopic (exact) mass is 344 g/mol. The molecule has 1 aromatic carbocycles. The van der Waals surface area contributed by atoms with E-state index < -0.39 is 0 Å². The summed E-state index contributed by atoms with van der Waals surface area (Å²) in [5, 5.41) is 3.24. The first-order chi connectivity index (χ1) is 12.3. The van der Waals surface area contributed by atoms with Gasteiger partial charge in [0, 0.05) is 19.7 Å². The summed E-state index contributed by atoms with van der Waals surface area (Å²) in [6.07, 6.45) is 6.85. The minimum atomic E-state index is 0.0754. The summed E-state index contributed by atoms with van der Waals surface area (Å²) in [5.74, 6) is 1.56. The van der Waals surface area contributed by atoms with E-state index in [-0.39, 0.29) is 12.1 Å². The Morgan fingerprint density at radius 2 is 2.08 bits per heavy atom. The summed E-state index contributed by atoms with van der Waals surface area (Å²) >= 11 is 0. The standard InChI is InChI=1S/C20H28N2O3/c1-24-19-5-2-4-15-16(19)7-8-17(15)21-20(23)22-11-9-14(10-12-22)18-6-3-13-25-18/h2,4-5,14,17-18H,3,6-13H2,1H3,(H,21,23)/t17-,18-/m1/s1. The van der Waals surface area contributed by atoms with Gasteiger partial charge in [-0.3, -0.25) is 0 Å². The fourth-order valence-corrected chi connectivity index (χ4v) is 4.65. The summed E-state index contributed by atoms with van der Waals surface area (Å²) in [7, 11) is 1.71. The molecule has 0 spiro atoms. The van der Waals surface area contributed by atoms with Crippen molar-refractivity contribution in [3.63, 3.8) is 0 Å². The van der Waals surface area contributed by atoms with E-state index in [0.717, 1.165) is 51.1 Å². The average Bonchev–Trinajstić information content (AvgIpc) is 3.32. The number of hydrogen-bond donors (Lipinski definition) is 1. The highest BCUT2D eigenvalue weighted by Crippen LogP contribution is 2.37. The number of rotatable bonds is 3. The van der Waals surface area contributed by atoms with Gasteiger partial charge in [-0.1, -0.05) is 12.1 Å². The van der Waals surface area contributed by atoms with Gasteiger partial charge in [0.05, 0.1) is 19.3 Å². The van der Waals surface area contributed by atoms with E-state index in [1.54, 1.807) is 7.11 Å². The second kappa shape index (κ2) is 7.24. The zero-order chi connectivity index (χ0) is 17.2. The molecule has 2 aliphatic heterocycles. The molecule has 2 saturated heterocycles. The fourth-order valence-electron chi connectivity index (χ4n) is 4.65. The van der Waals surface area contributed by atoms with Crippen LogP contribution in [0.1, 0.15) is 49.3 Å². The zero-order valence-electron chi connectivity index (χ0n) is 15.0. The van der Waals surface area contributed by atoms with Gasteiger partial charge < -0.3 is 19.7 Å². The molecule has 0 bridgehead atoms. The number of carbonyl (C=O) groups is 1. The van der Waals surface area contributed by atoms with Crippen molar-refractivity contribution in [3.8, 4) is 5.75 Å². The molecule has 0 unspecified atom stereocenters. The minimum absolute atomic E-state index is 0.0754. The molecule has 2 amide bonds. The molecule has 2 fully saturated rings. The molecule has 0 radical (unpaired) electrons. The Morgan fingerprint density at radius 1 is 1.24 bits per heavy atom. The lowest BCUT2D eigenvalue weighted by Gasteiger charge is -2.35. The average molecular weight is 344 g/mol. The van der Waals surface area contributed by atoms with Crippen molar-refractivity contribution in [2.75, 3.05) is 26.8 Å². The maximum Gasteiger partial charge on any atom is 0.317 e. The maximum absolute atomic E-state index is 12.7. The van der Waals surface area contributed by atoms with Crippen LogP contribution in [0.4, 0.5) is 4.79 Å². The van der Waals surface area contributed by atoms with E-state index in [4.69, 9.17) is 9.47 Å². The second-order valence-electron chi connectivity index (χ2n) is 7.44. The lowest BCUT2D eigenvalue weighted by Crippen LogP contribution is -2.46. The van der Waals surface area contributed by atoms with Crippen LogP contribution in [0.5, 0.6) is 5.75 Å². The van der Waals surface area contributed by atoms with Crippen LogP contribution in [0.25, 0.3) is 0 Å². The number of urea groups is 1. The zero-order valence-corrected chi connectivity index (χ0v) is 15.0. The Bertz CT molecular complexity index is 619. The van der Waals surface area contributed by atoms with Crippen molar-refractivity contribution in [1.82, 2.24) is 10.2 Å². The number of benzene rings is 1. The third-order valence-electron chi connectivity index (χ3n) is 6.06. The van der Waals surface area contributed by atoms with Crippen molar-refractivity contribution in [2.24, 2.45) is 5.92 Å². The molecule has 5 heteroatoms. The maximum atomic E-state index is 12.7. The Balaban J connectivity index is 1.33. The number of piperidine rings is 1. The molecule has 1 aromatic rings. The van der Waals surface area contributed by atoms with Crippen molar-refractivity contribution < 1.29 is 14.3 Å².